The third kappa shape index (κ3) is 3.32. The molecule has 19 heavy (non-hydrogen) atoms. The number of nitrogens with two attached hydrogens (primary N) is 1. The van der Waals surface area contributed by atoms with Crippen LogP contribution in [0.3, 0.4) is 0 Å². The first-order valence-corrected chi connectivity index (χ1v) is 6.53. The monoisotopic (exact) mass is 263 g/mol. The van der Waals surface area contributed by atoms with Crippen molar-refractivity contribution in [2.24, 2.45) is 5.73 Å². The average molecular weight is 263 g/mol. The molecular weight excluding hydrogens is 242 g/mol. The maximum atomic E-state index is 11.6. The van der Waals surface area contributed by atoms with E-state index in [9.17, 15) is 4.79 Å². The van der Waals surface area contributed by atoms with Crippen molar-refractivity contribution in [3.8, 4) is 0 Å². The number of hydrogen-bond acceptors (Lipinski definition) is 4. The molecule has 1 aliphatic heterocycles. The van der Waals surface area contributed by atoms with E-state index in [0.29, 0.717) is 13.2 Å². The Labute approximate surface area is 113 Å². The van der Waals surface area contributed by atoms with E-state index in [0.717, 1.165) is 18.7 Å². The number of nitrogens with zero attached hydrogens (tertiary/aromatic N) is 1. The van der Waals surface area contributed by atoms with Crippen LogP contribution in [0.4, 0.5) is 0 Å². The quantitative estimate of drug-likeness (QED) is 0.792. The zero-order valence-corrected chi connectivity index (χ0v) is 11.2. The molecule has 1 amide bonds. The molecule has 1 heterocycles. The van der Waals surface area contributed by atoms with E-state index in [-0.39, 0.29) is 18.0 Å². The van der Waals surface area contributed by atoms with Crippen LogP contribution >= 0.6 is 0 Å². The van der Waals surface area contributed by atoms with Gasteiger partial charge in [-0.2, -0.15) is 0 Å². The molecule has 0 spiro atoms. The minimum atomic E-state index is -0.288. The van der Waals surface area contributed by atoms with Crippen molar-refractivity contribution in [3.63, 3.8) is 0 Å². The number of piperazine rings is 1. The van der Waals surface area contributed by atoms with Crippen LogP contribution in [0.1, 0.15) is 11.6 Å². The lowest BCUT2D eigenvalue weighted by Gasteiger charge is -2.39. The molecule has 0 aliphatic carbocycles. The van der Waals surface area contributed by atoms with Crippen LogP contribution in [0.5, 0.6) is 0 Å². The van der Waals surface area contributed by atoms with Crippen molar-refractivity contribution >= 4 is 5.91 Å². The first-order chi connectivity index (χ1) is 9.24. The zero-order chi connectivity index (χ0) is 13.7. The first-order valence-electron chi connectivity index (χ1n) is 6.53. The number of carbonyl (C=O) groups excluding carboxylic acids is 1. The second kappa shape index (κ2) is 6.65. The molecule has 2 rings (SSSR count). The first kappa shape index (κ1) is 14.0. The van der Waals surface area contributed by atoms with Crippen LogP contribution in [-0.4, -0.2) is 50.2 Å². The van der Waals surface area contributed by atoms with E-state index in [2.05, 4.69) is 22.3 Å². The number of nitrogens with one attached hydrogen (secondary N) is 1. The number of benzene rings is 1. The molecule has 3 N–H and O–H groups in total. The molecule has 1 fully saturated rings. The highest BCUT2D eigenvalue weighted by atomic mass is 16.5. The summed E-state index contributed by atoms with van der Waals surface area (Å²) in [5.74, 6) is -0.288. The smallest absolute Gasteiger partial charge is 0.236 e. The van der Waals surface area contributed by atoms with E-state index >= 15 is 0 Å². The Bertz CT molecular complexity index is 410. The van der Waals surface area contributed by atoms with Crippen LogP contribution in [-0.2, 0) is 9.53 Å². The Hall–Kier alpha value is -1.43. The normalized spacial score (nSPS) is 22.1. The van der Waals surface area contributed by atoms with E-state index < -0.39 is 0 Å². The Balaban J connectivity index is 2.24. The van der Waals surface area contributed by atoms with Crippen molar-refractivity contribution in [2.75, 3.05) is 33.4 Å². The summed E-state index contributed by atoms with van der Waals surface area (Å²) in [4.78, 5) is 13.7. The fraction of sp³-hybridized carbons (Fsp3) is 0.500. The summed E-state index contributed by atoms with van der Waals surface area (Å²) >= 11 is 0. The standard InChI is InChI=1S/C14H21N3O2/c1-19-10-13(11-5-3-2-4-6-11)17-8-7-16-9-12(17)14(15)18/h2-6,12-13,16H,7-10H2,1H3,(H2,15,18). The molecule has 0 bridgehead atoms. The molecule has 2 atom stereocenters. The Morgan fingerprint density at radius 1 is 1.53 bits per heavy atom. The molecule has 0 saturated carbocycles. The van der Waals surface area contributed by atoms with Gasteiger partial charge in [-0.25, -0.2) is 0 Å². The number of amides is 1. The van der Waals surface area contributed by atoms with Crippen molar-refractivity contribution in [1.82, 2.24) is 10.2 Å². The average Bonchev–Trinajstić information content (AvgIpc) is 2.45. The highest BCUT2D eigenvalue weighted by Gasteiger charge is 2.32. The summed E-state index contributed by atoms with van der Waals surface area (Å²) < 4.78 is 5.33. The number of methoxy groups -OCH3 is 1. The molecule has 5 heteroatoms. The van der Waals surface area contributed by atoms with Gasteiger partial charge in [0.25, 0.3) is 0 Å². The second-order valence-corrected chi connectivity index (χ2v) is 4.74. The highest BCUT2D eigenvalue weighted by Crippen LogP contribution is 2.24. The largest absolute Gasteiger partial charge is 0.383 e. The van der Waals surface area contributed by atoms with Gasteiger partial charge in [0.2, 0.25) is 5.91 Å². The number of carbonyl (C=O) groups is 1. The van der Waals surface area contributed by atoms with Crippen LogP contribution in [0.25, 0.3) is 0 Å². The van der Waals surface area contributed by atoms with E-state index in [1.807, 2.05) is 18.2 Å². The molecular formula is C14H21N3O2. The lowest BCUT2D eigenvalue weighted by atomic mass is 10.0. The molecule has 1 saturated heterocycles. The van der Waals surface area contributed by atoms with E-state index in [4.69, 9.17) is 10.5 Å². The summed E-state index contributed by atoms with van der Waals surface area (Å²) in [6.07, 6.45) is 0. The Kier molecular flexibility index (Phi) is 4.90. The van der Waals surface area contributed by atoms with Crippen LogP contribution in [0, 0.1) is 0 Å². The fourth-order valence-corrected chi connectivity index (χ4v) is 2.57. The van der Waals surface area contributed by atoms with Crippen LogP contribution < -0.4 is 11.1 Å². The molecule has 104 valence electrons. The molecule has 1 aliphatic rings. The highest BCUT2D eigenvalue weighted by molar-refractivity contribution is 5.80. The zero-order valence-electron chi connectivity index (χ0n) is 11.2. The van der Waals surface area contributed by atoms with Crippen LogP contribution in [0.15, 0.2) is 30.3 Å². The third-order valence-electron chi connectivity index (χ3n) is 3.52. The van der Waals surface area contributed by atoms with Crippen molar-refractivity contribution in [3.05, 3.63) is 35.9 Å². The summed E-state index contributed by atoms with van der Waals surface area (Å²) in [6, 6.07) is 9.88. The van der Waals surface area contributed by atoms with Gasteiger partial charge in [0.05, 0.1) is 12.6 Å². The van der Waals surface area contributed by atoms with Crippen molar-refractivity contribution in [2.45, 2.75) is 12.1 Å². The van der Waals surface area contributed by atoms with Gasteiger partial charge in [0.1, 0.15) is 6.04 Å². The van der Waals surface area contributed by atoms with Gasteiger partial charge in [-0.1, -0.05) is 30.3 Å². The summed E-state index contributed by atoms with van der Waals surface area (Å²) in [5.41, 5.74) is 6.66. The summed E-state index contributed by atoms with van der Waals surface area (Å²) in [7, 11) is 1.68. The minimum absolute atomic E-state index is 0.0609. The number of hydrogen-bond donors (Lipinski definition) is 2. The second-order valence-electron chi connectivity index (χ2n) is 4.74. The molecule has 1 aromatic carbocycles. The van der Waals surface area contributed by atoms with Gasteiger partial charge >= 0.3 is 0 Å². The number of rotatable bonds is 5. The van der Waals surface area contributed by atoms with Gasteiger partial charge in [-0.05, 0) is 5.56 Å². The third-order valence-corrected chi connectivity index (χ3v) is 3.52. The Morgan fingerprint density at radius 2 is 2.26 bits per heavy atom. The number of primary amides is 1. The van der Waals surface area contributed by atoms with Gasteiger partial charge in [0, 0.05) is 26.7 Å². The summed E-state index contributed by atoms with van der Waals surface area (Å²) in [6.45, 7) is 2.80. The predicted molar refractivity (Wildman–Crippen MR) is 73.6 cm³/mol. The summed E-state index contributed by atoms with van der Waals surface area (Å²) in [5, 5.41) is 3.21. The molecule has 0 radical (unpaired) electrons. The molecule has 5 nitrogen and oxygen atoms in total. The lowest BCUT2D eigenvalue weighted by molar-refractivity contribution is -0.125. The van der Waals surface area contributed by atoms with E-state index in [1.165, 1.54) is 0 Å². The van der Waals surface area contributed by atoms with Gasteiger partial charge in [-0.15, -0.1) is 0 Å². The maximum absolute atomic E-state index is 11.6. The fourth-order valence-electron chi connectivity index (χ4n) is 2.57. The van der Waals surface area contributed by atoms with Gasteiger partial charge in [0.15, 0.2) is 0 Å². The number of ether oxygens (including phenoxy) is 1. The predicted octanol–water partition coefficient (Wildman–Crippen LogP) is 0.133. The van der Waals surface area contributed by atoms with Gasteiger partial charge in [-0.3, -0.25) is 9.69 Å². The minimum Gasteiger partial charge on any atom is -0.383 e. The molecule has 1 aromatic rings. The van der Waals surface area contributed by atoms with Crippen molar-refractivity contribution < 1.29 is 9.53 Å². The molecule has 2 unspecified atom stereocenters. The Morgan fingerprint density at radius 3 is 2.89 bits per heavy atom. The topological polar surface area (TPSA) is 67.6 Å². The maximum Gasteiger partial charge on any atom is 0.236 e. The van der Waals surface area contributed by atoms with Crippen LogP contribution in [0.2, 0.25) is 0 Å². The van der Waals surface area contributed by atoms with Crippen molar-refractivity contribution in [1.29, 1.82) is 0 Å². The molecule has 0 aromatic heterocycles. The SMILES string of the molecule is COCC(c1ccccc1)N1CCNCC1C(N)=O. The van der Waals surface area contributed by atoms with Gasteiger partial charge < -0.3 is 15.8 Å². The van der Waals surface area contributed by atoms with E-state index in [1.54, 1.807) is 7.11 Å². The lowest BCUT2D eigenvalue weighted by Crippen LogP contribution is -2.58.